The predicted molar refractivity (Wildman–Crippen MR) is 114 cm³/mol. The van der Waals surface area contributed by atoms with Gasteiger partial charge in [-0.3, -0.25) is 5.01 Å². The lowest BCUT2D eigenvalue weighted by atomic mass is 10.1. The van der Waals surface area contributed by atoms with Crippen molar-refractivity contribution in [3.8, 4) is 0 Å². The first kappa shape index (κ1) is 23.7. The summed E-state index contributed by atoms with van der Waals surface area (Å²) in [4.78, 5) is 0. The van der Waals surface area contributed by atoms with Crippen molar-refractivity contribution in [3.63, 3.8) is 0 Å². The van der Waals surface area contributed by atoms with Gasteiger partial charge >= 0.3 is 15.5 Å². The Hall–Kier alpha value is -2.59. The second kappa shape index (κ2) is 8.65. The fraction of sp³-hybridized carbons (Fsp3) is 0.350. The van der Waals surface area contributed by atoms with E-state index in [1.54, 1.807) is 24.9 Å². The van der Waals surface area contributed by atoms with Gasteiger partial charge in [0.1, 0.15) is 0 Å². The van der Waals surface area contributed by atoms with E-state index in [0.717, 1.165) is 11.3 Å². The van der Waals surface area contributed by atoms with E-state index in [9.17, 15) is 21.6 Å². The molecule has 0 aromatic heterocycles. The molecule has 0 bridgehead atoms. The number of aryl methyl sites for hydroxylation is 2. The zero-order chi connectivity index (χ0) is 22.9. The van der Waals surface area contributed by atoms with Crippen molar-refractivity contribution in [3.05, 3.63) is 59.2 Å². The molecule has 0 unspecified atom stereocenters. The van der Waals surface area contributed by atoms with E-state index < -0.39 is 15.5 Å². The zero-order valence-electron chi connectivity index (χ0n) is 17.4. The van der Waals surface area contributed by atoms with Gasteiger partial charge in [-0.25, -0.2) is 5.84 Å². The fourth-order valence-corrected chi connectivity index (χ4v) is 3.40. The minimum absolute atomic E-state index is 0.0659. The first-order valence-electron chi connectivity index (χ1n) is 9.14. The molecule has 0 amide bonds. The number of hydrogen-bond acceptors (Lipinski definition) is 5. The van der Waals surface area contributed by atoms with Crippen LogP contribution in [0.25, 0.3) is 0 Å². The van der Waals surface area contributed by atoms with E-state index in [-0.39, 0.29) is 21.7 Å². The molecule has 0 aliphatic carbocycles. The Morgan fingerprint density at radius 3 is 2.07 bits per heavy atom. The van der Waals surface area contributed by atoms with Crippen LogP contribution >= 0.6 is 0 Å². The molecule has 2 aromatic rings. The van der Waals surface area contributed by atoms with Crippen molar-refractivity contribution in [1.29, 1.82) is 0 Å². The van der Waals surface area contributed by atoms with Crippen LogP contribution in [0.15, 0.2) is 47.6 Å². The molecule has 6 nitrogen and oxygen atoms in total. The summed E-state index contributed by atoms with van der Waals surface area (Å²) in [6.45, 7) is 9.11. The van der Waals surface area contributed by atoms with Crippen molar-refractivity contribution in [2.75, 3.05) is 9.42 Å². The first-order chi connectivity index (χ1) is 13.8. The van der Waals surface area contributed by atoms with Gasteiger partial charge in [0.15, 0.2) is 0 Å². The Morgan fingerprint density at radius 2 is 1.57 bits per heavy atom. The van der Waals surface area contributed by atoms with Crippen molar-refractivity contribution in [2.45, 2.75) is 46.2 Å². The van der Waals surface area contributed by atoms with Gasteiger partial charge in [-0.05, 0) is 58.9 Å². The van der Waals surface area contributed by atoms with Gasteiger partial charge in [-0.15, -0.1) is 0 Å². The van der Waals surface area contributed by atoms with Gasteiger partial charge in [-0.1, -0.05) is 29.3 Å². The molecule has 30 heavy (non-hydrogen) atoms. The van der Waals surface area contributed by atoms with Crippen LogP contribution in [0.1, 0.15) is 37.5 Å². The van der Waals surface area contributed by atoms with E-state index in [1.165, 1.54) is 12.1 Å². The van der Waals surface area contributed by atoms with Crippen LogP contribution in [0.3, 0.4) is 0 Å². The quantitative estimate of drug-likeness (QED) is 0.407. The number of sulfonamides is 1. The monoisotopic (exact) mass is 442 g/mol. The Bertz CT molecular complexity index is 1030. The lowest BCUT2D eigenvalue weighted by molar-refractivity contribution is -0.0438. The molecule has 2 N–H and O–H groups in total. The smallest absolute Gasteiger partial charge is 0.263 e. The Balaban J connectivity index is 2.59. The Morgan fingerprint density at radius 1 is 1.03 bits per heavy atom. The lowest BCUT2D eigenvalue weighted by Crippen LogP contribution is -2.46. The van der Waals surface area contributed by atoms with Crippen molar-refractivity contribution < 1.29 is 21.6 Å². The number of halogens is 3. The molecule has 0 spiro atoms. The van der Waals surface area contributed by atoms with Crippen LogP contribution < -0.4 is 15.3 Å². The summed E-state index contributed by atoms with van der Waals surface area (Å²) in [5.41, 5.74) is -2.77. The molecule has 0 radical (unpaired) electrons. The third-order valence-corrected chi connectivity index (χ3v) is 5.68. The Labute approximate surface area is 174 Å². The minimum Gasteiger partial charge on any atom is -0.263 e. The zero-order valence-corrected chi connectivity index (χ0v) is 18.2. The number of hydrazine groups is 1. The summed E-state index contributed by atoms with van der Waals surface area (Å²) in [5.74, 6) is 5.42. The summed E-state index contributed by atoms with van der Waals surface area (Å²) in [6, 6.07) is 11.8. The molecule has 0 aliphatic rings. The highest BCUT2D eigenvalue weighted by atomic mass is 32.2. The highest BCUT2D eigenvalue weighted by molar-refractivity contribution is 7.93. The van der Waals surface area contributed by atoms with Gasteiger partial charge in [0.25, 0.3) is 0 Å². The number of hydrazone groups is 1. The number of hydrogen-bond donors (Lipinski definition) is 1. The molecule has 164 valence electrons. The van der Waals surface area contributed by atoms with Crippen molar-refractivity contribution in [1.82, 2.24) is 0 Å². The van der Waals surface area contributed by atoms with Crippen LogP contribution in [0.2, 0.25) is 0 Å². The summed E-state index contributed by atoms with van der Waals surface area (Å²) in [5, 5.41) is 6.27. The average molecular weight is 443 g/mol. The van der Waals surface area contributed by atoms with Gasteiger partial charge in [0, 0.05) is 11.6 Å². The molecule has 2 rings (SSSR count). The largest absolute Gasteiger partial charge is 0.518 e. The van der Waals surface area contributed by atoms with Crippen LogP contribution in [0.5, 0.6) is 0 Å². The highest BCUT2D eigenvalue weighted by Crippen LogP contribution is 2.31. The van der Waals surface area contributed by atoms with E-state index in [1.807, 2.05) is 45.0 Å². The van der Waals surface area contributed by atoms with E-state index in [4.69, 9.17) is 5.84 Å². The third kappa shape index (κ3) is 4.93. The number of benzene rings is 2. The molecule has 0 fully saturated rings. The molecule has 10 heteroatoms. The number of anilines is 2. The molecule has 2 aromatic carbocycles. The van der Waals surface area contributed by atoms with Gasteiger partial charge in [0.2, 0.25) is 0 Å². The predicted octanol–water partition coefficient (Wildman–Crippen LogP) is 4.47. The second-order valence-electron chi connectivity index (χ2n) is 7.23. The summed E-state index contributed by atoms with van der Waals surface area (Å²) < 4.78 is 62.4. The normalized spacial score (nSPS) is 12.9. The van der Waals surface area contributed by atoms with Gasteiger partial charge in [0.05, 0.1) is 17.1 Å². The van der Waals surface area contributed by atoms with Crippen LogP contribution in [0.4, 0.5) is 24.5 Å². The molecule has 0 saturated carbocycles. The second-order valence-corrected chi connectivity index (χ2v) is 9.03. The topological polar surface area (TPSA) is 79.0 Å². The number of alkyl halides is 3. The van der Waals surface area contributed by atoms with E-state index in [2.05, 4.69) is 5.10 Å². The molecular weight excluding hydrogens is 417 g/mol. The molecule has 0 saturated heterocycles. The third-order valence-electron chi connectivity index (χ3n) is 4.38. The average Bonchev–Trinajstić information content (AvgIpc) is 2.65. The maximum absolute atomic E-state index is 13.0. The first-order valence-corrected chi connectivity index (χ1v) is 10.6. The van der Waals surface area contributed by atoms with E-state index in [0.29, 0.717) is 11.3 Å². The maximum Gasteiger partial charge on any atom is 0.518 e. The van der Waals surface area contributed by atoms with Crippen LogP contribution in [-0.2, 0) is 10.0 Å². The summed E-state index contributed by atoms with van der Waals surface area (Å²) >= 11 is 0. The van der Waals surface area contributed by atoms with E-state index >= 15 is 0 Å². The molecule has 0 atom stereocenters. The van der Waals surface area contributed by atoms with Crippen LogP contribution in [-0.4, -0.2) is 25.7 Å². The molecular formula is C20H25F3N4O2S. The van der Waals surface area contributed by atoms with Gasteiger partial charge < -0.3 is 0 Å². The number of rotatable bonds is 6. The van der Waals surface area contributed by atoms with Crippen molar-refractivity contribution >= 4 is 27.1 Å². The van der Waals surface area contributed by atoms with Gasteiger partial charge in [-0.2, -0.15) is 31.1 Å². The summed E-state index contributed by atoms with van der Waals surface area (Å²) in [6.07, 6.45) is 0. The molecule has 0 aliphatic heterocycles. The standard InChI is InChI=1S/C20H25F3N4O2S/c1-13(2)26(17-9-6-14(3)7-10-17)25-16(5)18-12-15(4)8-11-19(18)27(24)30(28,29)20(21,22)23/h6-13H,24H2,1-5H3/b25-16+. The maximum atomic E-state index is 13.0. The SMILES string of the molecule is C/C(=N\N(c1ccc(C)cc1)C(C)C)c1cc(C)ccc1N(N)S(=O)(=O)C(F)(F)F. The number of nitrogens with two attached hydrogens (primary N) is 1. The number of nitrogens with zero attached hydrogens (tertiary/aromatic N) is 3. The summed E-state index contributed by atoms with van der Waals surface area (Å²) in [7, 11) is -5.76. The fourth-order valence-electron chi connectivity index (χ4n) is 2.76. The lowest BCUT2D eigenvalue weighted by Gasteiger charge is -2.26. The minimum atomic E-state index is -5.76. The van der Waals surface area contributed by atoms with Crippen LogP contribution in [0, 0.1) is 13.8 Å². The Kier molecular flexibility index (Phi) is 6.83. The van der Waals surface area contributed by atoms with Crippen molar-refractivity contribution in [2.24, 2.45) is 10.9 Å². The molecule has 0 heterocycles. The highest BCUT2D eigenvalue weighted by Gasteiger charge is 2.50.